The number of hydrogen-bond acceptors (Lipinski definition) is 3. The molecular formula is C29H31ClF3N3O. The lowest BCUT2D eigenvalue weighted by atomic mass is 9.80. The Kier molecular flexibility index (Phi) is 6.77. The van der Waals surface area contributed by atoms with Crippen molar-refractivity contribution in [1.29, 1.82) is 0 Å². The monoisotopic (exact) mass is 529 g/mol. The molecule has 4 nitrogen and oxygen atoms in total. The number of nitrogens with zero attached hydrogens (tertiary/aromatic N) is 3. The summed E-state index contributed by atoms with van der Waals surface area (Å²) in [4.78, 5) is 15.9. The summed E-state index contributed by atoms with van der Waals surface area (Å²) in [7, 11) is 1.41. The fourth-order valence-corrected chi connectivity index (χ4v) is 5.93. The van der Waals surface area contributed by atoms with Gasteiger partial charge in [-0.2, -0.15) is 4.39 Å². The molecule has 1 aromatic carbocycles. The van der Waals surface area contributed by atoms with Gasteiger partial charge in [0.25, 0.3) is 12.3 Å². The summed E-state index contributed by atoms with van der Waals surface area (Å²) in [6.45, 7) is 4.28. The lowest BCUT2D eigenvalue weighted by molar-refractivity contribution is -0.131. The highest BCUT2D eigenvalue weighted by atomic mass is 35.5. The van der Waals surface area contributed by atoms with Crippen molar-refractivity contribution in [1.82, 2.24) is 14.9 Å². The normalized spacial score (nSPS) is 23.2. The maximum Gasteiger partial charge on any atom is 0.271 e. The van der Waals surface area contributed by atoms with E-state index in [-0.39, 0.29) is 24.9 Å². The first kappa shape index (κ1) is 25.7. The molecule has 1 heterocycles. The number of allylic oxidation sites excluding steroid dienone is 6. The van der Waals surface area contributed by atoms with Crippen molar-refractivity contribution >= 4 is 17.5 Å². The van der Waals surface area contributed by atoms with Crippen LogP contribution >= 0.6 is 11.6 Å². The summed E-state index contributed by atoms with van der Waals surface area (Å²) in [5, 5.41) is 2.91. The highest BCUT2D eigenvalue weighted by molar-refractivity contribution is 6.30. The minimum Gasteiger partial charge on any atom is -0.331 e. The zero-order valence-electron chi connectivity index (χ0n) is 21.2. The first-order valence-corrected chi connectivity index (χ1v) is 13.1. The van der Waals surface area contributed by atoms with Crippen molar-refractivity contribution in [2.75, 3.05) is 7.05 Å². The average molecular weight is 530 g/mol. The molecule has 196 valence electrons. The van der Waals surface area contributed by atoms with Gasteiger partial charge in [0.15, 0.2) is 5.54 Å². The minimum atomic E-state index is -3.05. The molecule has 1 aliphatic heterocycles. The van der Waals surface area contributed by atoms with Crippen LogP contribution in [0.25, 0.3) is 0 Å². The summed E-state index contributed by atoms with van der Waals surface area (Å²) in [6, 6.07) is 5.42. The second kappa shape index (κ2) is 9.75. The van der Waals surface area contributed by atoms with Crippen LogP contribution in [0, 0.1) is 0 Å². The van der Waals surface area contributed by atoms with E-state index < -0.39 is 29.4 Å². The first-order chi connectivity index (χ1) is 17.7. The van der Waals surface area contributed by atoms with Gasteiger partial charge in [-0.3, -0.25) is 14.8 Å². The topological polar surface area (TPSA) is 26.8 Å². The van der Waals surface area contributed by atoms with Crippen LogP contribution in [0.3, 0.4) is 0 Å². The molecule has 0 spiro atoms. The SMILES string of the molecule is CC(C)c1ccc(Cl)cc1CN(C(=O)C1=C(F)N(C)N(C2=CC=CC2)C1(C1=CC=CC1)C(F)F)C1CC1. The van der Waals surface area contributed by atoms with Gasteiger partial charge < -0.3 is 4.90 Å². The van der Waals surface area contributed by atoms with Gasteiger partial charge in [-0.25, -0.2) is 8.78 Å². The third-order valence-corrected chi connectivity index (χ3v) is 7.87. The van der Waals surface area contributed by atoms with E-state index in [4.69, 9.17) is 11.6 Å². The number of alkyl halides is 2. The lowest BCUT2D eigenvalue weighted by Gasteiger charge is -2.45. The summed E-state index contributed by atoms with van der Waals surface area (Å²) < 4.78 is 47.1. The summed E-state index contributed by atoms with van der Waals surface area (Å²) in [5.41, 5.74) is -0.0399. The molecule has 1 aromatic rings. The molecule has 1 unspecified atom stereocenters. The molecule has 5 rings (SSSR count). The van der Waals surface area contributed by atoms with E-state index in [1.54, 1.807) is 41.3 Å². The van der Waals surface area contributed by atoms with E-state index >= 15 is 13.2 Å². The maximum absolute atomic E-state index is 16.2. The minimum absolute atomic E-state index is 0.135. The Bertz CT molecular complexity index is 1260. The van der Waals surface area contributed by atoms with Crippen molar-refractivity contribution in [3.8, 4) is 0 Å². The van der Waals surface area contributed by atoms with Gasteiger partial charge in [0, 0.05) is 36.8 Å². The van der Waals surface area contributed by atoms with Crippen molar-refractivity contribution in [2.24, 2.45) is 0 Å². The van der Waals surface area contributed by atoms with E-state index in [1.807, 2.05) is 32.1 Å². The van der Waals surface area contributed by atoms with Gasteiger partial charge in [-0.15, -0.1) is 0 Å². The second-order valence-electron chi connectivity index (χ2n) is 10.3. The molecule has 0 radical (unpaired) electrons. The molecule has 1 amide bonds. The molecule has 1 saturated carbocycles. The van der Waals surface area contributed by atoms with Gasteiger partial charge in [-0.1, -0.05) is 61.9 Å². The number of hydrazine groups is 1. The lowest BCUT2D eigenvalue weighted by Crippen LogP contribution is -2.58. The summed E-state index contributed by atoms with van der Waals surface area (Å²) >= 11 is 6.30. The van der Waals surface area contributed by atoms with Crippen LogP contribution in [0.1, 0.15) is 56.6 Å². The molecular weight excluding hydrogens is 499 g/mol. The van der Waals surface area contributed by atoms with Gasteiger partial charge in [0.1, 0.15) is 5.57 Å². The third kappa shape index (κ3) is 4.21. The largest absolute Gasteiger partial charge is 0.331 e. The van der Waals surface area contributed by atoms with Crippen LogP contribution in [-0.4, -0.2) is 45.9 Å². The number of carbonyl (C=O) groups is 1. The van der Waals surface area contributed by atoms with Crippen molar-refractivity contribution in [3.63, 3.8) is 0 Å². The number of carbonyl (C=O) groups excluding carboxylic acids is 1. The van der Waals surface area contributed by atoms with Gasteiger partial charge in [0.2, 0.25) is 5.95 Å². The van der Waals surface area contributed by atoms with Crippen LogP contribution in [0.15, 0.2) is 77.4 Å². The van der Waals surface area contributed by atoms with Crippen LogP contribution in [0.5, 0.6) is 0 Å². The first-order valence-electron chi connectivity index (χ1n) is 12.7. The number of benzene rings is 1. The van der Waals surface area contributed by atoms with Crippen LogP contribution in [0.2, 0.25) is 5.02 Å². The van der Waals surface area contributed by atoms with E-state index in [9.17, 15) is 4.79 Å². The van der Waals surface area contributed by atoms with Gasteiger partial charge in [0.05, 0.1) is 0 Å². The molecule has 1 atom stereocenters. The summed E-state index contributed by atoms with van der Waals surface area (Å²) in [6.07, 6.45) is 9.39. The maximum atomic E-state index is 16.2. The molecule has 8 heteroatoms. The van der Waals surface area contributed by atoms with Crippen LogP contribution in [-0.2, 0) is 11.3 Å². The van der Waals surface area contributed by atoms with Crippen molar-refractivity contribution in [3.05, 3.63) is 93.6 Å². The smallest absolute Gasteiger partial charge is 0.271 e. The van der Waals surface area contributed by atoms with Crippen molar-refractivity contribution in [2.45, 2.75) is 70.0 Å². The number of rotatable bonds is 8. The molecule has 3 aliphatic carbocycles. The Labute approximate surface area is 221 Å². The summed E-state index contributed by atoms with van der Waals surface area (Å²) in [5.74, 6) is -1.46. The highest BCUT2D eigenvalue weighted by Crippen LogP contribution is 2.52. The fraction of sp³-hybridized carbons (Fsp3) is 0.414. The third-order valence-electron chi connectivity index (χ3n) is 7.64. The standard InChI is InChI=1S/C29H31ClF3N3O/c1-18(2)24-15-12-21(30)16-19(24)17-35(22-13-14-22)27(37)25-26(31)34(3)36(23-10-6-7-11-23)29(25,28(32)33)20-8-4-5-9-20/h4-8,10,12,15-16,18,22,28H,9,11,13-14,17H2,1-3H3. The quantitative estimate of drug-likeness (QED) is 0.338. The second-order valence-corrected chi connectivity index (χ2v) is 10.8. The van der Waals surface area contributed by atoms with E-state index in [1.165, 1.54) is 12.1 Å². The van der Waals surface area contributed by atoms with Gasteiger partial charge >= 0.3 is 0 Å². The fourth-order valence-electron chi connectivity index (χ4n) is 5.74. The predicted octanol–water partition coefficient (Wildman–Crippen LogP) is 7.03. The highest BCUT2D eigenvalue weighted by Gasteiger charge is 2.63. The Hall–Kier alpha value is -2.93. The van der Waals surface area contributed by atoms with E-state index in [0.717, 1.165) is 29.0 Å². The number of halogens is 4. The molecule has 0 aromatic heterocycles. The Morgan fingerprint density at radius 1 is 1.16 bits per heavy atom. The molecule has 37 heavy (non-hydrogen) atoms. The van der Waals surface area contributed by atoms with Crippen LogP contribution in [0.4, 0.5) is 13.2 Å². The molecule has 0 saturated heterocycles. The predicted molar refractivity (Wildman–Crippen MR) is 139 cm³/mol. The number of amides is 1. The average Bonchev–Trinajstić information content (AvgIpc) is 3.21. The Balaban J connectivity index is 1.62. The molecule has 0 N–H and O–H groups in total. The van der Waals surface area contributed by atoms with Crippen molar-refractivity contribution < 1.29 is 18.0 Å². The van der Waals surface area contributed by atoms with Gasteiger partial charge in [-0.05, 0) is 60.1 Å². The zero-order valence-corrected chi connectivity index (χ0v) is 22.0. The zero-order chi connectivity index (χ0) is 26.5. The Morgan fingerprint density at radius 2 is 1.86 bits per heavy atom. The molecule has 0 bridgehead atoms. The number of hydrogen-bond donors (Lipinski definition) is 0. The Morgan fingerprint density at radius 3 is 2.43 bits per heavy atom. The van der Waals surface area contributed by atoms with E-state index in [0.29, 0.717) is 22.7 Å². The molecule has 4 aliphatic rings. The molecule has 1 fully saturated rings. The van der Waals surface area contributed by atoms with Crippen LogP contribution < -0.4 is 0 Å². The van der Waals surface area contributed by atoms with E-state index in [2.05, 4.69) is 0 Å².